The van der Waals surface area contributed by atoms with Gasteiger partial charge in [0.05, 0.1) is 30.6 Å². The average molecular weight is 474 g/mol. The molecule has 3 heterocycles. The highest BCUT2D eigenvalue weighted by molar-refractivity contribution is 9.09. The minimum absolute atomic E-state index is 0.0699. The topological polar surface area (TPSA) is 108 Å². The highest BCUT2D eigenvalue weighted by atomic mass is 79.9. The summed E-state index contributed by atoms with van der Waals surface area (Å²) >= 11 is 3.61. The third kappa shape index (κ3) is 3.39. The van der Waals surface area contributed by atoms with Crippen molar-refractivity contribution in [3.05, 3.63) is 0 Å². The predicted molar refractivity (Wildman–Crippen MR) is 110 cm³/mol. The second-order valence-corrected chi connectivity index (χ2v) is 10.9. The van der Waals surface area contributed by atoms with E-state index in [2.05, 4.69) is 26.6 Å². The minimum atomic E-state index is -1.09. The zero-order chi connectivity index (χ0) is 21.9. The Labute approximate surface area is 180 Å². The molecule has 164 valence electrons. The fourth-order valence-corrected chi connectivity index (χ4v) is 6.19. The van der Waals surface area contributed by atoms with E-state index in [9.17, 15) is 19.5 Å². The molecule has 3 saturated heterocycles. The fourth-order valence-electron chi connectivity index (χ4n) is 5.25. The second-order valence-electron chi connectivity index (χ2n) is 9.76. The van der Waals surface area contributed by atoms with E-state index in [1.54, 1.807) is 0 Å². The molecule has 3 amide bonds. The molecule has 3 rings (SSSR count). The van der Waals surface area contributed by atoms with Gasteiger partial charge in [0.1, 0.15) is 11.6 Å². The molecule has 3 fully saturated rings. The van der Waals surface area contributed by atoms with Crippen molar-refractivity contribution >= 4 is 33.7 Å². The Morgan fingerprint density at radius 1 is 1.34 bits per heavy atom. The normalized spacial score (nSPS) is 37.1. The number of alkyl halides is 1. The lowest BCUT2D eigenvalue weighted by molar-refractivity contribution is -0.147. The standard InChI is InChI=1S/C20H32BrN3O5/c1-9(2)11(8-25)24-15(17(27)23-19(3,4)5)20-7-10(21)14(29-20)12(16(26)22-6)13(20)18(24)28/h9-15,25H,7-8H2,1-6H3,(H,22,26)(H,23,27)/t10?,11-,12-,13-,14-,15?,20?/m0/s1. The van der Waals surface area contributed by atoms with Gasteiger partial charge in [0, 0.05) is 17.4 Å². The minimum Gasteiger partial charge on any atom is -0.394 e. The van der Waals surface area contributed by atoms with Gasteiger partial charge < -0.3 is 25.4 Å². The largest absolute Gasteiger partial charge is 0.394 e. The number of amides is 3. The van der Waals surface area contributed by atoms with Crippen molar-refractivity contribution in [2.45, 2.75) is 75.2 Å². The van der Waals surface area contributed by atoms with Crippen LogP contribution in [0.1, 0.15) is 41.0 Å². The van der Waals surface area contributed by atoms with Crippen LogP contribution in [-0.4, -0.2) is 75.5 Å². The van der Waals surface area contributed by atoms with Gasteiger partial charge in [0.25, 0.3) is 0 Å². The third-order valence-electron chi connectivity index (χ3n) is 6.34. The van der Waals surface area contributed by atoms with Crippen LogP contribution in [0.15, 0.2) is 0 Å². The molecule has 2 bridgehead atoms. The molecule has 3 aliphatic rings. The number of halogens is 1. The molecule has 9 heteroatoms. The monoisotopic (exact) mass is 473 g/mol. The first-order valence-corrected chi connectivity index (χ1v) is 11.1. The second kappa shape index (κ2) is 7.50. The summed E-state index contributed by atoms with van der Waals surface area (Å²) < 4.78 is 6.34. The lowest BCUT2D eigenvalue weighted by atomic mass is 9.70. The summed E-state index contributed by atoms with van der Waals surface area (Å²) in [6.45, 7) is 9.17. The first-order chi connectivity index (χ1) is 13.4. The van der Waals surface area contributed by atoms with E-state index in [-0.39, 0.29) is 35.1 Å². The van der Waals surface area contributed by atoms with Crippen LogP contribution in [0.2, 0.25) is 0 Å². The van der Waals surface area contributed by atoms with Crippen molar-refractivity contribution in [1.29, 1.82) is 0 Å². The maximum absolute atomic E-state index is 13.7. The van der Waals surface area contributed by atoms with Crippen LogP contribution in [-0.2, 0) is 19.1 Å². The van der Waals surface area contributed by atoms with E-state index in [4.69, 9.17) is 4.74 Å². The van der Waals surface area contributed by atoms with Gasteiger partial charge in [-0.3, -0.25) is 14.4 Å². The average Bonchev–Trinajstić information content (AvgIpc) is 3.17. The molecule has 0 aromatic heterocycles. The summed E-state index contributed by atoms with van der Waals surface area (Å²) in [4.78, 5) is 41.2. The van der Waals surface area contributed by atoms with Gasteiger partial charge in [-0.2, -0.15) is 0 Å². The van der Waals surface area contributed by atoms with Crippen molar-refractivity contribution in [2.24, 2.45) is 17.8 Å². The number of nitrogens with one attached hydrogen (secondary N) is 2. The molecule has 3 unspecified atom stereocenters. The quantitative estimate of drug-likeness (QED) is 0.501. The molecule has 0 aromatic carbocycles. The Balaban J connectivity index is 2.12. The Bertz CT molecular complexity index is 709. The van der Waals surface area contributed by atoms with Gasteiger partial charge in [-0.15, -0.1) is 0 Å². The summed E-state index contributed by atoms with van der Waals surface area (Å²) in [5.74, 6) is -2.36. The molecule has 0 saturated carbocycles. The smallest absolute Gasteiger partial charge is 0.246 e. The number of carbonyl (C=O) groups excluding carboxylic acids is 3. The van der Waals surface area contributed by atoms with Crippen LogP contribution < -0.4 is 10.6 Å². The van der Waals surface area contributed by atoms with Gasteiger partial charge in [-0.1, -0.05) is 29.8 Å². The molecule has 7 atom stereocenters. The number of hydrogen-bond donors (Lipinski definition) is 3. The van der Waals surface area contributed by atoms with Gasteiger partial charge >= 0.3 is 0 Å². The molecule has 1 spiro atoms. The molecule has 8 nitrogen and oxygen atoms in total. The number of carbonyl (C=O) groups is 3. The molecule has 3 aliphatic heterocycles. The Kier molecular flexibility index (Phi) is 5.81. The van der Waals surface area contributed by atoms with Crippen LogP contribution in [0.25, 0.3) is 0 Å². The molecular formula is C20H32BrN3O5. The van der Waals surface area contributed by atoms with E-state index in [1.807, 2.05) is 34.6 Å². The SMILES string of the molecule is CNC(=O)[C@H]1[C@H]2C(=O)N([C@@H](CO)C(C)C)C(C(=O)NC(C)(C)C)C23CC(Br)[C@@H]1O3. The number of aliphatic hydroxyl groups is 1. The first-order valence-electron chi connectivity index (χ1n) is 10.2. The van der Waals surface area contributed by atoms with Gasteiger partial charge in [0.15, 0.2) is 0 Å². The van der Waals surface area contributed by atoms with Crippen LogP contribution in [0.4, 0.5) is 0 Å². The maximum atomic E-state index is 13.7. The fraction of sp³-hybridized carbons (Fsp3) is 0.850. The number of likely N-dealkylation sites (tertiary alicyclic amines) is 1. The Morgan fingerprint density at radius 3 is 2.45 bits per heavy atom. The lowest BCUT2D eigenvalue weighted by Gasteiger charge is -2.39. The molecular weight excluding hydrogens is 442 g/mol. The van der Waals surface area contributed by atoms with E-state index in [0.29, 0.717) is 6.42 Å². The zero-order valence-corrected chi connectivity index (χ0v) is 19.4. The van der Waals surface area contributed by atoms with E-state index >= 15 is 0 Å². The number of rotatable bonds is 5. The molecule has 0 aliphatic carbocycles. The number of fused-ring (bicyclic) bond motifs is 1. The number of ether oxygens (including phenoxy) is 1. The van der Waals surface area contributed by atoms with Gasteiger partial charge in [0.2, 0.25) is 17.7 Å². The number of nitrogens with zero attached hydrogens (tertiary/aromatic N) is 1. The van der Waals surface area contributed by atoms with Crippen LogP contribution >= 0.6 is 15.9 Å². The van der Waals surface area contributed by atoms with Crippen molar-refractivity contribution in [2.75, 3.05) is 13.7 Å². The molecule has 0 radical (unpaired) electrons. The van der Waals surface area contributed by atoms with Gasteiger partial charge in [-0.25, -0.2) is 0 Å². The van der Waals surface area contributed by atoms with Crippen molar-refractivity contribution in [1.82, 2.24) is 15.5 Å². The summed E-state index contributed by atoms with van der Waals surface area (Å²) in [6.07, 6.45) is -0.0149. The third-order valence-corrected chi connectivity index (χ3v) is 7.18. The zero-order valence-electron chi connectivity index (χ0n) is 17.9. The molecule has 29 heavy (non-hydrogen) atoms. The highest BCUT2D eigenvalue weighted by Crippen LogP contribution is 2.60. The van der Waals surface area contributed by atoms with E-state index in [0.717, 1.165) is 0 Å². The number of hydrogen-bond acceptors (Lipinski definition) is 5. The highest BCUT2D eigenvalue weighted by Gasteiger charge is 2.77. The first kappa shape index (κ1) is 22.5. The molecule has 3 N–H and O–H groups in total. The number of aliphatic hydroxyl groups excluding tert-OH is 1. The van der Waals surface area contributed by atoms with Crippen LogP contribution in [0.3, 0.4) is 0 Å². The Morgan fingerprint density at radius 2 is 1.97 bits per heavy atom. The summed E-state index contributed by atoms with van der Waals surface area (Å²) in [5, 5.41) is 15.7. The van der Waals surface area contributed by atoms with Crippen LogP contribution in [0, 0.1) is 17.8 Å². The summed E-state index contributed by atoms with van der Waals surface area (Å²) in [7, 11) is 1.54. The van der Waals surface area contributed by atoms with Crippen molar-refractivity contribution in [3.63, 3.8) is 0 Å². The maximum Gasteiger partial charge on any atom is 0.246 e. The van der Waals surface area contributed by atoms with E-state index in [1.165, 1.54) is 11.9 Å². The molecule has 0 aromatic rings. The predicted octanol–water partition coefficient (Wildman–Crippen LogP) is 0.412. The van der Waals surface area contributed by atoms with Crippen molar-refractivity contribution in [3.8, 4) is 0 Å². The van der Waals surface area contributed by atoms with E-state index < -0.39 is 41.2 Å². The lowest BCUT2D eigenvalue weighted by Crippen LogP contribution is -2.61. The van der Waals surface area contributed by atoms with Crippen molar-refractivity contribution < 1.29 is 24.2 Å². The summed E-state index contributed by atoms with van der Waals surface area (Å²) in [5.41, 5.74) is -1.59. The van der Waals surface area contributed by atoms with Crippen LogP contribution in [0.5, 0.6) is 0 Å². The van der Waals surface area contributed by atoms with Gasteiger partial charge in [-0.05, 0) is 33.1 Å². The Hall–Kier alpha value is -1.19. The summed E-state index contributed by atoms with van der Waals surface area (Å²) in [6, 6.07) is -1.45.